The Bertz CT molecular complexity index is 1620. The molecule has 0 saturated carbocycles. The smallest absolute Gasteiger partial charge is 0.405 e. The van der Waals surface area contributed by atoms with E-state index in [0.29, 0.717) is 5.56 Å². The number of nitrogens with zero attached hydrogens (tertiary/aromatic N) is 4. The number of ether oxygens (including phenoxy) is 1. The van der Waals surface area contributed by atoms with Gasteiger partial charge in [0.05, 0.1) is 30.5 Å². The zero-order valence-electron chi connectivity index (χ0n) is 23.8. The number of aliphatic hydroxyl groups is 1. The molecule has 3 heterocycles. The molecule has 0 amide bonds. The number of carbonyl (C=O) groups excluding carboxylic acids is 1. The van der Waals surface area contributed by atoms with Crippen LogP contribution in [0, 0.1) is 12.7 Å². The van der Waals surface area contributed by atoms with Crippen molar-refractivity contribution in [2.45, 2.75) is 48.5 Å². The Balaban J connectivity index is 1.65. The first-order valence-electron chi connectivity index (χ1n) is 13.7. The van der Waals surface area contributed by atoms with Crippen molar-refractivity contribution in [3.05, 3.63) is 76.7 Å². The van der Waals surface area contributed by atoms with Crippen molar-refractivity contribution in [3.8, 4) is 5.75 Å². The third kappa shape index (κ3) is 6.37. The van der Waals surface area contributed by atoms with Gasteiger partial charge in [-0.1, -0.05) is 24.3 Å². The van der Waals surface area contributed by atoms with Gasteiger partial charge in [-0.25, -0.2) is 4.39 Å². The van der Waals surface area contributed by atoms with Gasteiger partial charge in [-0.15, -0.1) is 11.8 Å². The quantitative estimate of drug-likeness (QED) is 0.280. The topological polar surface area (TPSA) is 117 Å². The predicted octanol–water partition coefficient (Wildman–Crippen LogP) is 3.51. The molecular weight excluding hydrogens is 626 g/mol. The van der Waals surface area contributed by atoms with Gasteiger partial charge in [0.2, 0.25) is 0 Å². The van der Waals surface area contributed by atoms with Gasteiger partial charge in [-0.2, -0.15) is 40.0 Å². The van der Waals surface area contributed by atoms with Crippen LogP contribution in [0.15, 0.2) is 53.6 Å². The van der Waals surface area contributed by atoms with Gasteiger partial charge in [0.15, 0.2) is 0 Å². The summed E-state index contributed by atoms with van der Waals surface area (Å²) < 4.78 is 92.7. The molecule has 5 rings (SSSR count). The number of halogens is 4. The van der Waals surface area contributed by atoms with E-state index in [1.54, 1.807) is 30.3 Å². The molecule has 238 valence electrons. The highest BCUT2D eigenvalue weighted by Gasteiger charge is 2.54. The summed E-state index contributed by atoms with van der Waals surface area (Å²) in [6.45, 7) is 0.636. The minimum Gasteiger partial charge on any atom is -0.496 e. The molecule has 0 spiro atoms. The fraction of sp³-hybridized carbons (Fsp3) is 0.429. The SMILES string of the molecule is COc1ccccc1C(=O)n1nc(C2C(C(F)(F)F)NCCN2S(=O)(=O)N2CCC(O)C2)c(C)c1SCc1ccc(F)cc1. The van der Waals surface area contributed by atoms with Crippen LogP contribution >= 0.6 is 11.8 Å². The molecule has 0 radical (unpaired) electrons. The van der Waals surface area contributed by atoms with Crippen LogP contribution in [0.1, 0.15) is 39.6 Å². The number of carbonyl (C=O) groups is 1. The molecule has 2 aliphatic heterocycles. The average molecular weight is 658 g/mol. The molecule has 0 bridgehead atoms. The van der Waals surface area contributed by atoms with Crippen LogP contribution < -0.4 is 10.1 Å². The summed E-state index contributed by atoms with van der Waals surface area (Å²) in [5.74, 6) is -0.706. The fourth-order valence-electron chi connectivity index (χ4n) is 5.42. The number of nitrogens with one attached hydrogen (secondary N) is 1. The average Bonchev–Trinajstić information content (AvgIpc) is 3.58. The molecule has 3 aromatic rings. The largest absolute Gasteiger partial charge is 0.496 e. The minimum absolute atomic E-state index is 0.0463. The van der Waals surface area contributed by atoms with E-state index in [2.05, 4.69) is 10.4 Å². The number of β-amino-alcohol motifs (C(OH)–C–C–N with tert-alkyl or cyclic N) is 1. The maximum atomic E-state index is 14.5. The monoisotopic (exact) mass is 657 g/mol. The predicted molar refractivity (Wildman–Crippen MR) is 154 cm³/mol. The lowest BCUT2D eigenvalue weighted by atomic mass is 9.99. The van der Waals surface area contributed by atoms with Crippen LogP contribution in [0.2, 0.25) is 0 Å². The van der Waals surface area contributed by atoms with Crippen molar-refractivity contribution < 1.29 is 40.6 Å². The molecule has 2 N–H and O–H groups in total. The van der Waals surface area contributed by atoms with Crippen molar-refractivity contribution >= 4 is 27.9 Å². The molecule has 3 unspecified atom stereocenters. The first kappa shape index (κ1) is 32.4. The maximum Gasteiger partial charge on any atom is 0.405 e. The normalized spacial score (nSPS) is 21.9. The molecule has 2 aromatic carbocycles. The lowest BCUT2D eigenvalue weighted by Gasteiger charge is -2.42. The standard InChI is InChI=1S/C28H31F4N5O5S2/c1-17-23(24-25(28(30,31)32)33-12-14-36(24)44(40,41)35-13-11-20(38)15-35)34-37(26(39)21-5-3-4-6-22(21)42-2)27(17)43-16-18-7-9-19(29)10-8-18/h3-10,20,24-25,33,38H,11-16H2,1-2H3. The minimum atomic E-state index is -4.88. The second kappa shape index (κ2) is 12.8. The van der Waals surface area contributed by atoms with E-state index in [1.807, 2.05) is 0 Å². The summed E-state index contributed by atoms with van der Waals surface area (Å²) in [5.41, 5.74) is 0.717. The van der Waals surface area contributed by atoms with Gasteiger partial charge >= 0.3 is 6.18 Å². The summed E-state index contributed by atoms with van der Waals surface area (Å²) in [6.07, 6.45) is -5.66. The zero-order chi connectivity index (χ0) is 31.8. The Morgan fingerprint density at radius 2 is 1.86 bits per heavy atom. The van der Waals surface area contributed by atoms with E-state index in [9.17, 15) is 35.9 Å². The summed E-state index contributed by atoms with van der Waals surface area (Å²) >= 11 is 1.10. The molecule has 10 nitrogen and oxygen atoms in total. The van der Waals surface area contributed by atoms with Gasteiger partial charge < -0.3 is 15.2 Å². The molecule has 3 atom stereocenters. The van der Waals surface area contributed by atoms with Crippen LogP contribution in [-0.4, -0.2) is 89.4 Å². The Morgan fingerprint density at radius 1 is 1.16 bits per heavy atom. The van der Waals surface area contributed by atoms with Crippen molar-refractivity contribution in [2.24, 2.45) is 0 Å². The highest BCUT2D eigenvalue weighted by Crippen LogP contribution is 2.42. The number of piperazine rings is 1. The summed E-state index contributed by atoms with van der Waals surface area (Å²) in [5, 5.41) is 17.0. The maximum absolute atomic E-state index is 14.5. The number of hydrogen-bond acceptors (Lipinski definition) is 8. The highest BCUT2D eigenvalue weighted by molar-refractivity contribution is 7.98. The third-order valence-corrected chi connectivity index (χ3v) is 10.8. The molecule has 16 heteroatoms. The number of aliphatic hydroxyl groups excluding tert-OH is 1. The van der Waals surface area contributed by atoms with Gasteiger partial charge in [0.25, 0.3) is 16.1 Å². The molecule has 2 saturated heterocycles. The zero-order valence-corrected chi connectivity index (χ0v) is 25.4. The number of methoxy groups -OCH3 is 1. The third-order valence-electron chi connectivity index (χ3n) is 7.63. The van der Waals surface area contributed by atoms with Gasteiger partial charge in [0.1, 0.15) is 22.6 Å². The molecule has 2 aliphatic rings. The molecule has 44 heavy (non-hydrogen) atoms. The molecule has 2 fully saturated rings. The Morgan fingerprint density at radius 3 is 2.50 bits per heavy atom. The summed E-state index contributed by atoms with van der Waals surface area (Å²) in [6, 6.07) is 7.73. The summed E-state index contributed by atoms with van der Waals surface area (Å²) in [7, 11) is -3.11. The number of thioether (sulfide) groups is 1. The first-order valence-corrected chi connectivity index (χ1v) is 16.1. The van der Waals surface area contributed by atoms with Crippen LogP contribution in [-0.2, 0) is 16.0 Å². The number of aromatic nitrogens is 2. The van der Waals surface area contributed by atoms with Crippen molar-refractivity contribution in [2.75, 3.05) is 33.3 Å². The van der Waals surface area contributed by atoms with Gasteiger partial charge in [0, 0.05) is 37.5 Å². The number of hydrogen-bond donors (Lipinski definition) is 2. The fourth-order valence-corrected chi connectivity index (χ4v) is 8.30. The van der Waals surface area contributed by atoms with E-state index in [-0.39, 0.29) is 65.9 Å². The number of rotatable bonds is 8. The lowest BCUT2D eigenvalue weighted by Crippen LogP contribution is -2.61. The van der Waals surface area contributed by atoms with Crippen molar-refractivity contribution in [3.63, 3.8) is 0 Å². The number of para-hydroxylation sites is 1. The second-order valence-electron chi connectivity index (χ2n) is 10.5. The van der Waals surface area contributed by atoms with Crippen LogP contribution in [0.3, 0.4) is 0 Å². The van der Waals surface area contributed by atoms with E-state index in [0.717, 1.165) is 25.1 Å². The van der Waals surface area contributed by atoms with Crippen LogP contribution in [0.4, 0.5) is 17.6 Å². The lowest BCUT2D eigenvalue weighted by molar-refractivity contribution is -0.173. The van der Waals surface area contributed by atoms with E-state index in [1.165, 1.54) is 32.2 Å². The van der Waals surface area contributed by atoms with Crippen molar-refractivity contribution in [1.29, 1.82) is 0 Å². The van der Waals surface area contributed by atoms with Crippen LogP contribution in [0.25, 0.3) is 0 Å². The Hall–Kier alpha value is -3.02. The number of benzene rings is 2. The number of alkyl halides is 3. The Kier molecular flexibility index (Phi) is 9.39. The van der Waals surface area contributed by atoms with Gasteiger partial charge in [-0.05, 0) is 43.2 Å². The molecular formula is C28H31F4N5O5S2. The molecule has 0 aliphatic carbocycles. The van der Waals surface area contributed by atoms with E-state index < -0.39 is 46.3 Å². The van der Waals surface area contributed by atoms with E-state index >= 15 is 0 Å². The highest BCUT2D eigenvalue weighted by atomic mass is 32.2. The van der Waals surface area contributed by atoms with E-state index in [4.69, 9.17) is 4.74 Å². The second-order valence-corrected chi connectivity index (χ2v) is 13.3. The summed E-state index contributed by atoms with van der Waals surface area (Å²) in [4.78, 5) is 13.9. The first-order chi connectivity index (χ1) is 20.8. The van der Waals surface area contributed by atoms with Crippen molar-refractivity contribution in [1.82, 2.24) is 23.7 Å². The van der Waals surface area contributed by atoms with Gasteiger partial charge in [-0.3, -0.25) is 4.79 Å². The molecule has 1 aromatic heterocycles. The van der Waals surface area contributed by atoms with Crippen LogP contribution in [0.5, 0.6) is 5.75 Å². The Labute approximate surface area is 256 Å².